The van der Waals surface area contributed by atoms with E-state index in [-0.39, 0.29) is 22.8 Å². The van der Waals surface area contributed by atoms with E-state index < -0.39 is 0 Å². The Labute approximate surface area is 123 Å². The van der Waals surface area contributed by atoms with Crippen molar-refractivity contribution in [2.45, 2.75) is 36.7 Å². The molecule has 1 aromatic carbocycles. The van der Waals surface area contributed by atoms with Crippen molar-refractivity contribution in [1.82, 2.24) is 0 Å². The minimum atomic E-state index is -0.256. The van der Waals surface area contributed by atoms with Crippen molar-refractivity contribution in [3.05, 3.63) is 35.9 Å². The first kappa shape index (κ1) is 15.4. The summed E-state index contributed by atoms with van der Waals surface area (Å²) >= 11 is 1.67. The predicted octanol–water partition coefficient (Wildman–Crippen LogP) is 2.61. The summed E-state index contributed by atoms with van der Waals surface area (Å²) in [5.41, 5.74) is 1.25. The molecule has 0 spiro atoms. The number of rotatable bonds is 6. The Hall–Kier alpha value is -1.04. The zero-order valence-corrected chi connectivity index (χ0v) is 12.6. The van der Waals surface area contributed by atoms with E-state index in [0.29, 0.717) is 13.2 Å². The van der Waals surface area contributed by atoms with Gasteiger partial charge in [-0.15, -0.1) is 11.8 Å². The van der Waals surface area contributed by atoms with Gasteiger partial charge in [0.15, 0.2) is 0 Å². The van der Waals surface area contributed by atoms with Crippen LogP contribution >= 0.6 is 11.8 Å². The largest absolute Gasteiger partial charge is 0.465 e. The van der Waals surface area contributed by atoms with E-state index in [9.17, 15) is 4.79 Å². The van der Waals surface area contributed by atoms with Gasteiger partial charge in [0.05, 0.1) is 18.0 Å². The van der Waals surface area contributed by atoms with Gasteiger partial charge in [0.2, 0.25) is 0 Å². The van der Waals surface area contributed by atoms with Gasteiger partial charge in [-0.3, -0.25) is 4.79 Å². The second kappa shape index (κ2) is 7.67. The number of hydrogen-bond donors (Lipinski definition) is 0. The molecule has 0 saturated carbocycles. The number of carbonyl (C=O) groups excluding carboxylic acids is 1. The number of benzene rings is 1. The third kappa shape index (κ3) is 4.51. The third-order valence-electron chi connectivity index (χ3n) is 3.19. The van der Waals surface area contributed by atoms with Crippen molar-refractivity contribution in [3.8, 4) is 0 Å². The number of ether oxygens (including phenoxy) is 3. The maximum Gasteiger partial charge on any atom is 0.302 e. The van der Waals surface area contributed by atoms with E-state index in [0.717, 1.165) is 12.0 Å². The van der Waals surface area contributed by atoms with Gasteiger partial charge in [0.1, 0.15) is 12.0 Å². The van der Waals surface area contributed by atoms with Gasteiger partial charge in [-0.25, -0.2) is 0 Å². The fourth-order valence-electron chi connectivity index (χ4n) is 2.13. The van der Waals surface area contributed by atoms with Gasteiger partial charge in [0.25, 0.3) is 0 Å². The highest BCUT2D eigenvalue weighted by Crippen LogP contribution is 2.36. The highest BCUT2D eigenvalue weighted by molar-refractivity contribution is 8.00. The number of carbonyl (C=O) groups is 1. The molecule has 3 atom stereocenters. The third-order valence-corrected chi connectivity index (χ3v) is 4.66. The second-order valence-electron chi connectivity index (χ2n) is 4.71. The van der Waals surface area contributed by atoms with E-state index in [2.05, 4.69) is 0 Å². The van der Waals surface area contributed by atoms with Crippen LogP contribution in [0.2, 0.25) is 0 Å². The average molecular weight is 296 g/mol. The molecule has 1 aliphatic rings. The lowest BCUT2D eigenvalue weighted by Crippen LogP contribution is -2.27. The average Bonchev–Trinajstić information content (AvgIpc) is 2.86. The summed E-state index contributed by atoms with van der Waals surface area (Å²) in [4.78, 5) is 10.9. The standard InChI is InChI=1S/C15H20O4S/c1-11(16)18-10-14-13(8-15(17-2)20-14)19-9-12-6-4-3-5-7-12/h3-7,13-15H,8-10H2,1-2H3/t13-,14-,15?/m1/s1. The van der Waals surface area contributed by atoms with E-state index in [1.165, 1.54) is 6.92 Å². The molecule has 0 radical (unpaired) electrons. The van der Waals surface area contributed by atoms with E-state index >= 15 is 0 Å². The lowest BCUT2D eigenvalue weighted by atomic mass is 10.2. The van der Waals surface area contributed by atoms with Crippen LogP contribution < -0.4 is 0 Å². The highest BCUT2D eigenvalue weighted by atomic mass is 32.2. The summed E-state index contributed by atoms with van der Waals surface area (Å²) in [5.74, 6) is -0.256. The zero-order valence-electron chi connectivity index (χ0n) is 11.8. The Morgan fingerprint density at radius 3 is 2.75 bits per heavy atom. The Morgan fingerprint density at radius 1 is 1.35 bits per heavy atom. The summed E-state index contributed by atoms with van der Waals surface area (Å²) in [5, 5.41) is 0.132. The van der Waals surface area contributed by atoms with Crippen molar-refractivity contribution >= 4 is 17.7 Å². The van der Waals surface area contributed by atoms with Crippen LogP contribution in [0.4, 0.5) is 0 Å². The number of methoxy groups -OCH3 is 1. The molecule has 1 aromatic rings. The summed E-state index contributed by atoms with van der Waals surface area (Å²) in [6, 6.07) is 10.1. The van der Waals surface area contributed by atoms with Crippen molar-refractivity contribution < 1.29 is 19.0 Å². The highest BCUT2D eigenvalue weighted by Gasteiger charge is 2.36. The first-order valence-corrected chi connectivity index (χ1v) is 7.60. The van der Waals surface area contributed by atoms with Crippen LogP contribution in [0.5, 0.6) is 0 Å². The minimum absolute atomic E-state index is 0.0458. The van der Waals surface area contributed by atoms with Crippen LogP contribution in [-0.2, 0) is 25.6 Å². The molecule has 4 nitrogen and oxygen atoms in total. The van der Waals surface area contributed by atoms with Crippen molar-refractivity contribution in [1.29, 1.82) is 0 Å². The quantitative estimate of drug-likeness (QED) is 0.755. The number of hydrogen-bond acceptors (Lipinski definition) is 5. The molecular formula is C15H20O4S. The predicted molar refractivity (Wildman–Crippen MR) is 78.4 cm³/mol. The van der Waals surface area contributed by atoms with Gasteiger partial charge in [-0.1, -0.05) is 30.3 Å². The molecule has 1 heterocycles. The van der Waals surface area contributed by atoms with Crippen LogP contribution in [0.15, 0.2) is 30.3 Å². The monoisotopic (exact) mass is 296 g/mol. The topological polar surface area (TPSA) is 44.8 Å². The minimum Gasteiger partial charge on any atom is -0.465 e. The SMILES string of the molecule is COC1C[C@@H](OCc2ccccc2)[C@@H](COC(C)=O)S1. The smallest absolute Gasteiger partial charge is 0.302 e. The van der Waals surface area contributed by atoms with Crippen LogP contribution in [0, 0.1) is 0 Å². The molecule has 0 aliphatic carbocycles. The number of thioether (sulfide) groups is 1. The van der Waals surface area contributed by atoms with Gasteiger partial charge in [0, 0.05) is 20.5 Å². The maximum absolute atomic E-state index is 10.9. The number of esters is 1. The lowest BCUT2D eigenvalue weighted by Gasteiger charge is -2.18. The Balaban J connectivity index is 1.87. The van der Waals surface area contributed by atoms with E-state index in [4.69, 9.17) is 14.2 Å². The van der Waals surface area contributed by atoms with E-state index in [1.807, 2.05) is 30.3 Å². The maximum atomic E-state index is 10.9. The normalized spacial score (nSPS) is 25.6. The fourth-order valence-corrected chi connectivity index (χ4v) is 3.44. The first-order chi connectivity index (χ1) is 9.69. The van der Waals surface area contributed by atoms with E-state index in [1.54, 1.807) is 18.9 Å². The van der Waals surface area contributed by atoms with Crippen molar-refractivity contribution in [3.63, 3.8) is 0 Å². The Kier molecular flexibility index (Phi) is 5.88. The molecule has 1 unspecified atom stereocenters. The lowest BCUT2D eigenvalue weighted by molar-refractivity contribution is -0.141. The van der Waals surface area contributed by atoms with Crippen molar-refractivity contribution in [2.24, 2.45) is 0 Å². The molecule has 110 valence electrons. The molecule has 1 fully saturated rings. The molecular weight excluding hydrogens is 276 g/mol. The molecule has 0 aromatic heterocycles. The summed E-state index contributed by atoms with van der Waals surface area (Å²) in [6.45, 7) is 2.37. The zero-order chi connectivity index (χ0) is 14.4. The summed E-state index contributed by atoms with van der Waals surface area (Å²) in [6.07, 6.45) is 0.865. The summed E-state index contributed by atoms with van der Waals surface area (Å²) in [7, 11) is 1.69. The molecule has 2 rings (SSSR count). The van der Waals surface area contributed by atoms with Gasteiger partial charge < -0.3 is 14.2 Å². The molecule has 0 N–H and O–H groups in total. The van der Waals surface area contributed by atoms with Crippen LogP contribution in [0.1, 0.15) is 18.9 Å². The second-order valence-corrected chi connectivity index (χ2v) is 6.12. The first-order valence-electron chi connectivity index (χ1n) is 6.66. The van der Waals surface area contributed by atoms with Crippen LogP contribution in [-0.4, -0.2) is 36.5 Å². The molecule has 0 bridgehead atoms. The molecule has 5 heteroatoms. The van der Waals surface area contributed by atoms with Gasteiger partial charge in [-0.2, -0.15) is 0 Å². The fraction of sp³-hybridized carbons (Fsp3) is 0.533. The Bertz CT molecular complexity index is 423. The van der Waals surface area contributed by atoms with Crippen molar-refractivity contribution in [2.75, 3.05) is 13.7 Å². The Morgan fingerprint density at radius 2 is 2.10 bits per heavy atom. The molecule has 1 saturated heterocycles. The summed E-state index contributed by atoms with van der Waals surface area (Å²) < 4.78 is 16.5. The van der Waals surface area contributed by atoms with Gasteiger partial charge >= 0.3 is 5.97 Å². The molecule has 0 amide bonds. The molecule has 1 aliphatic heterocycles. The van der Waals surface area contributed by atoms with Crippen LogP contribution in [0.25, 0.3) is 0 Å². The van der Waals surface area contributed by atoms with Gasteiger partial charge in [-0.05, 0) is 5.56 Å². The molecule has 20 heavy (non-hydrogen) atoms. The van der Waals surface area contributed by atoms with Crippen LogP contribution in [0.3, 0.4) is 0 Å².